The van der Waals surface area contributed by atoms with E-state index in [1.165, 1.54) is 18.0 Å². The van der Waals surface area contributed by atoms with Crippen molar-refractivity contribution in [3.8, 4) is 0 Å². The third kappa shape index (κ3) is 4.11. The van der Waals surface area contributed by atoms with Gasteiger partial charge in [-0.3, -0.25) is 9.59 Å². The van der Waals surface area contributed by atoms with Crippen molar-refractivity contribution in [1.82, 2.24) is 20.3 Å². The Morgan fingerprint density at radius 3 is 2.80 bits per heavy atom. The van der Waals surface area contributed by atoms with Crippen LogP contribution in [0.25, 0.3) is 10.9 Å². The highest BCUT2D eigenvalue weighted by molar-refractivity contribution is 7.99. The number of nitrogens with zero attached hydrogens (tertiary/aromatic N) is 2. The largest absolute Gasteiger partial charge is 0.382 e. The predicted molar refractivity (Wildman–Crippen MR) is 115 cm³/mol. The molecule has 0 spiro atoms. The number of primary amides is 1. The van der Waals surface area contributed by atoms with Gasteiger partial charge in [0, 0.05) is 23.2 Å². The number of fused-ring (bicyclic) bond motifs is 1. The summed E-state index contributed by atoms with van der Waals surface area (Å²) in [6.07, 6.45) is 3.32. The van der Waals surface area contributed by atoms with E-state index < -0.39 is 11.8 Å². The molecule has 4 aromatic rings. The maximum absolute atomic E-state index is 12.6. The number of aromatic nitrogens is 3. The summed E-state index contributed by atoms with van der Waals surface area (Å²) in [5.74, 6) is -0.945. The molecule has 0 saturated carbocycles. The summed E-state index contributed by atoms with van der Waals surface area (Å²) in [5.41, 5.74) is 13.7. The highest BCUT2D eigenvalue weighted by atomic mass is 32.2. The summed E-state index contributed by atoms with van der Waals surface area (Å²) in [7, 11) is 0. The molecule has 30 heavy (non-hydrogen) atoms. The molecule has 0 fully saturated rings. The number of carbonyl (C=O) groups excluding carboxylic acids is 2. The summed E-state index contributed by atoms with van der Waals surface area (Å²) >= 11 is 1.19. The summed E-state index contributed by atoms with van der Waals surface area (Å²) in [4.78, 5) is 36.4. The van der Waals surface area contributed by atoms with E-state index in [4.69, 9.17) is 11.5 Å². The highest BCUT2D eigenvalue weighted by Crippen LogP contribution is 2.29. The summed E-state index contributed by atoms with van der Waals surface area (Å²) in [6, 6.07) is 14.7. The molecule has 150 valence electrons. The van der Waals surface area contributed by atoms with Gasteiger partial charge in [-0.05, 0) is 41.3 Å². The standard InChI is InChI=1S/C21H18N6O2S/c22-19-18(21(29)26-10-12-5-6-15-13(9-12)7-8-24-15)27-17(11-25-19)30-16-4-2-1-3-14(16)20(23)28/h1-9,11,24H,10H2,(H2,22,25)(H2,23,28)(H,26,29). The third-order valence-corrected chi connectivity index (χ3v) is 5.41. The van der Waals surface area contributed by atoms with Crippen molar-refractivity contribution in [2.45, 2.75) is 16.5 Å². The topological polar surface area (TPSA) is 140 Å². The monoisotopic (exact) mass is 418 g/mol. The van der Waals surface area contributed by atoms with Crippen molar-refractivity contribution in [1.29, 1.82) is 0 Å². The number of nitrogen functional groups attached to an aromatic ring is 1. The molecule has 2 aromatic heterocycles. The van der Waals surface area contributed by atoms with Crippen LogP contribution in [0.5, 0.6) is 0 Å². The Morgan fingerprint density at radius 2 is 1.97 bits per heavy atom. The minimum absolute atomic E-state index is 0.0271. The lowest BCUT2D eigenvalue weighted by atomic mass is 10.1. The van der Waals surface area contributed by atoms with Crippen molar-refractivity contribution >= 4 is 40.3 Å². The Hall–Kier alpha value is -3.85. The average molecular weight is 418 g/mol. The Balaban J connectivity index is 1.51. The second-order valence-electron chi connectivity index (χ2n) is 6.49. The molecule has 2 aromatic carbocycles. The molecule has 6 N–H and O–H groups in total. The van der Waals surface area contributed by atoms with Crippen LogP contribution in [0.15, 0.2) is 70.8 Å². The van der Waals surface area contributed by atoms with Crippen molar-refractivity contribution in [3.05, 3.63) is 77.7 Å². The first-order valence-corrected chi connectivity index (χ1v) is 9.86. The first-order chi connectivity index (χ1) is 14.5. The van der Waals surface area contributed by atoms with Crippen LogP contribution in [0, 0.1) is 0 Å². The molecule has 0 aliphatic rings. The van der Waals surface area contributed by atoms with Crippen LogP contribution < -0.4 is 16.8 Å². The number of nitrogens with two attached hydrogens (primary N) is 2. The van der Waals surface area contributed by atoms with Crippen molar-refractivity contribution in [3.63, 3.8) is 0 Å². The van der Waals surface area contributed by atoms with Gasteiger partial charge in [0.2, 0.25) is 5.91 Å². The van der Waals surface area contributed by atoms with E-state index in [2.05, 4.69) is 20.3 Å². The number of rotatable bonds is 6. The SMILES string of the molecule is NC(=O)c1ccccc1Sc1cnc(N)c(C(=O)NCc2ccc3[nH]ccc3c2)n1. The number of anilines is 1. The van der Waals surface area contributed by atoms with E-state index >= 15 is 0 Å². The zero-order chi connectivity index (χ0) is 21.1. The van der Waals surface area contributed by atoms with E-state index in [-0.39, 0.29) is 11.5 Å². The van der Waals surface area contributed by atoms with Gasteiger partial charge in [0.1, 0.15) is 5.03 Å². The second kappa shape index (κ2) is 8.26. The Labute approximate surface area is 176 Å². The van der Waals surface area contributed by atoms with Crippen LogP contribution >= 0.6 is 11.8 Å². The van der Waals surface area contributed by atoms with Crippen LogP contribution in [0.1, 0.15) is 26.4 Å². The number of H-pyrrole nitrogens is 1. The van der Waals surface area contributed by atoms with Gasteiger partial charge >= 0.3 is 0 Å². The molecule has 8 nitrogen and oxygen atoms in total. The summed E-state index contributed by atoms with van der Waals surface area (Å²) in [5, 5.41) is 4.31. The molecule has 0 bridgehead atoms. The number of aromatic amines is 1. The molecule has 2 heterocycles. The zero-order valence-electron chi connectivity index (χ0n) is 15.8. The Morgan fingerprint density at radius 1 is 1.13 bits per heavy atom. The lowest BCUT2D eigenvalue weighted by Gasteiger charge is -2.09. The molecule has 0 aliphatic carbocycles. The van der Waals surface area contributed by atoms with Gasteiger partial charge in [-0.1, -0.05) is 30.0 Å². The number of nitrogens with one attached hydrogen (secondary N) is 2. The lowest BCUT2D eigenvalue weighted by molar-refractivity contribution is 0.0944. The van der Waals surface area contributed by atoms with E-state index in [1.54, 1.807) is 24.3 Å². The number of amides is 2. The van der Waals surface area contributed by atoms with E-state index in [0.29, 0.717) is 22.0 Å². The molecule has 0 aliphatic heterocycles. The fourth-order valence-electron chi connectivity index (χ4n) is 2.95. The molecule has 0 atom stereocenters. The number of benzene rings is 2. The third-order valence-electron chi connectivity index (χ3n) is 4.43. The minimum atomic E-state index is -0.543. The van der Waals surface area contributed by atoms with Crippen LogP contribution in [-0.4, -0.2) is 26.8 Å². The van der Waals surface area contributed by atoms with Gasteiger partial charge in [0.15, 0.2) is 11.5 Å². The fourth-order valence-corrected chi connectivity index (χ4v) is 3.84. The van der Waals surface area contributed by atoms with E-state index in [1.807, 2.05) is 30.5 Å². The van der Waals surface area contributed by atoms with Gasteiger partial charge in [-0.2, -0.15) is 0 Å². The van der Waals surface area contributed by atoms with Gasteiger partial charge in [-0.15, -0.1) is 0 Å². The lowest BCUT2D eigenvalue weighted by Crippen LogP contribution is -2.25. The zero-order valence-corrected chi connectivity index (χ0v) is 16.6. The first-order valence-electron chi connectivity index (χ1n) is 9.04. The fraction of sp³-hybridized carbons (Fsp3) is 0.0476. The maximum Gasteiger partial charge on any atom is 0.274 e. The molecule has 0 unspecified atom stereocenters. The van der Waals surface area contributed by atoms with E-state index in [9.17, 15) is 9.59 Å². The van der Waals surface area contributed by atoms with Gasteiger partial charge in [0.05, 0.1) is 11.8 Å². The minimum Gasteiger partial charge on any atom is -0.382 e. The molecule has 0 radical (unpaired) electrons. The quantitative estimate of drug-likeness (QED) is 0.380. The molecular weight excluding hydrogens is 400 g/mol. The van der Waals surface area contributed by atoms with Crippen molar-refractivity contribution in [2.24, 2.45) is 5.73 Å². The van der Waals surface area contributed by atoms with Crippen molar-refractivity contribution in [2.75, 3.05) is 5.73 Å². The molecule has 4 rings (SSSR count). The van der Waals surface area contributed by atoms with Gasteiger partial charge in [0.25, 0.3) is 5.91 Å². The average Bonchev–Trinajstić information content (AvgIpc) is 3.21. The number of carbonyl (C=O) groups is 2. The predicted octanol–water partition coefficient (Wildman–Crippen LogP) is 2.72. The molecule has 9 heteroatoms. The normalized spacial score (nSPS) is 10.8. The van der Waals surface area contributed by atoms with Gasteiger partial charge < -0.3 is 21.8 Å². The molecular formula is C21H18N6O2S. The summed E-state index contributed by atoms with van der Waals surface area (Å²) in [6.45, 7) is 0.322. The second-order valence-corrected chi connectivity index (χ2v) is 7.55. The highest BCUT2D eigenvalue weighted by Gasteiger charge is 2.16. The first kappa shape index (κ1) is 19.5. The number of hydrogen-bond donors (Lipinski definition) is 4. The molecule has 2 amide bonds. The van der Waals surface area contributed by atoms with Crippen LogP contribution in [-0.2, 0) is 6.54 Å². The van der Waals surface area contributed by atoms with Gasteiger partial charge in [-0.25, -0.2) is 9.97 Å². The number of hydrogen-bond acceptors (Lipinski definition) is 6. The van der Waals surface area contributed by atoms with Crippen LogP contribution in [0.4, 0.5) is 5.82 Å². The van der Waals surface area contributed by atoms with Crippen molar-refractivity contribution < 1.29 is 9.59 Å². The maximum atomic E-state index is 12.6. The Kier molecular flexibility index (Phi) is 5.36. The summed E-state index contributed by atoms with van der Waals surface area (Å²) < 4.78 is 0. The smallest absolute Gasteiger partial charge is 0.274 e. The molecule has 0 saturated heterocycles. The van der Waals surface area contributed by atoms with E-state index in [0.717, 1.165) is 16.5 Å². The van der Waals surface area contributed by atoms with Crippen LogP contribution in [0.3, 0.4) is 0 Å². The Bertz CT molecular complexity index is 1250. The van der Waals surface area contributed by atoms with Crippen LogP contribution in [0.2, 0.25) is 0 Å².